The van der Waals surface area contributed by atoms with E-state index in [9.17, 15) is 9.90 Å². The van der Waals surface area contributed by atoms with Crippen LogP contribution in [-0.4, -0.2) is 37.3 Å². The Labute approximate surface area is 123 Å². The van der Waals surface area contributed by atoms with E-state index in [-0.39, 0.29) is 5.56 Å². The third-order valence-corrected chi connectivity index (χ3v) is 3.96. The van der Waals surface area contributed by atoms with Crippen molar-refractivity contribution in [3.63, 3.8) is 0 Å². The number of carbonyl (C=O) groups is 1. The van der Waals surface area contributed by atoms with Crippen LogP contribution in [-0.2, 0) is 0 Å². The molecule has 7 heteroatoms. The maximum atomic E-state index is 11.6. The fourth-order valence-corrected chi connectivity index (χ4v) is 3.07. The molecule has 1 fully saturated rings. The van der Waals surface area contributed by atoms with Gasteiger partial charge in [0.25, 0.3) is 0 Å². The molecule has 0 atom stereocenters. The summed E-state index contributed by atoms with van der Waals surface area (Å²) in [4.78, 5) is 16.6. The highest BCUT2D eigenvalue weighted by Gasteiger charge is 2.24. The van der Waals surface area contributed by atoms with Gasteiger partial charge in [-0.2, -0.15) is 0 Å². The lowest BCUT2D eigenvalue weighted by Crippen LogP contribution is -2.44. The van der Waals surface area contributed by atoms with Gasteiger partial charge in [0.05, 0.1) is 5.56 Å². The number of carboxylic acid groups (broad SMARTS) is 1. The third-order valence-electron chi connectivity index (χ3n) is 3.96. The molecule has 2 N–H and O–H groups in total. The van der Waals surface area contributed by atoms with Gasteiger partial charge in [-0.05, 0) is 43.0 Å². The zero-order valence-electron chi connectivity index (χ0n) is 12.5. The van der Waals surface area contributed by atoms with Gasteiger partial charge in [0, 0.05) is 42.5 Å². The van der Waals surface area contributed by atoms with Gasteiger partial charge in [-0.3, -0.25) is 0 Å². The lowest BCUT2D eigenvalue weighted by atomic mass is 9.94. The van der Waals surface area contributed by atoms with Crippen LogP contribution in [0, 0.1) is 20.8 Å². The van der Waals surface area contributed by atoms with Gasteiger partial charge in [0.1, 0.15) is 0 Å². The van der Waals surface area contributed by atoms with Crippen LogP contribution in [0.2, 0.25) is 0 Å². The lowest BCUT2D eigenvalue weighted by molar-refractivity contribution is 0.0695. The molecule has 112 valence electrons. The van der Waals surface area contributed by atoms with Crippen molar-refractivity contribution in [2.45, 2.75) is 20.8 Å². The minimum atomic E-state index is -0.990. The van der Waals surface area contributed by atoms with Crippen LogP contribution in [0.4, 0.5) is 11.4 Å². The van der Waals surface area contributed by atoms with Crippen LogP contribution in [0.25, 0.3) is 10.4 Å². The molecule has 0 bridgehead atoms. The number of carboxylic acids is 1. The predicted octanol–water partition coefficient (Wildman–Crippen LogP) is 2.66. The first kappa shape index (κ1) is 15.2. The van der Waals surface area contributed by atoms with Crippen molar-refractivity contribution in [1.29, 1.82) is 0 Å². The van der Waals surface area contributed by atoms with Gasteiger partial charge >= 0.3 is 5.97 Å². The summed E-state index contributed by atoms with van der Waals surface area (Å²) in [7, 11) is 0. The van der Waals surface area contributed by atoms with Crippen LogP contribution in [0.15, 0.2) is 5.11 Å². The molecule has 2 rings (SSSR count). The van der Waals surface area contributed by atoms with Gasteiger partial charge < -0.3 is 15.3 Å². The molecule has 1 saturated heterocycles. The normalized spacial score (nSPS) is 14.7. The molecule has 0 aromatic heterocycles. The number of hydrogen-bond acceptors (Lipinski definition) is 4. The largest absolute Gasteiger partial charge is 0.478 e. The number of benzene rings is 1. The van der Waals surface area contributed by atoms with Gasteiger partial charge in [0.2, 0.25) is 0 Å². The average Bonchev–Trinajstić information content (AvgIpc) is 2.44. The van der Waals surface area contributed by atoms with E-state index in [1.54, 1.807) is 6.92 Å². The van der Waals surface area contributed by atoms with Gasteiger partial charge in [-0.15, -0.1) is 0 Å². The molecular weight excluding hydrogens is 270 g/mol. The number of aromatic carboxylic acids is 1. The smallest absolute Gasteiger partial charge is 0.336 e. The average molecular weight is 289 g/mol. The minimum Gasteiger partial charge on any atom is -0.478 e. The number of nitrogens with zero attached hydrogens (tertiary/aromatic N) is 4. The minimum absolute atomic E-state index is 0.233. The molecule has 0 aliphatic carbocycles. The number of piperazine rings is 1. The van der Waals surface area contributed by atoms with Crippen molar-refractivity contribution in [3.8, 4) is 0 Å². The molecule has 1 aromatic rings. The van der Waals surface area contributed by atoms with E-state index in [1.165, 1.54) is 0 Å². The van der Waals surface area contributed by atoms with Gasteiger partial charge in [-0.1, -0.05) is 5.11 Å². The van der Waals surface area contributed by atoms with Crippen molar-refractivity contribution in [2.24, 2.45) is 5.11 Å². The maximum absolute atomic E-state index is 11.6. The van der Waals surface area contributed by atoms with Crippen LogP contribution in [0.1, 0.15) is 27.0 Å². The van der Waals surface area contributed by atoms with E-state index in [0.717, 1.165) is 43.0 Å². The van der Waals surface area contributed by atoms with E-state index in [4.69, 9.17) is 5.53 Å². The molecule has 0 amide bonds. The van der Waals surface area contributed by atoms with Crippen molar-refractivity contribution < 1.29 is 9.90 Å². The van der Waals surface area contributed by atoms with Crippen molar-refractivity contribution >= 4 is 17.3 Å². The Morgan fingerprint density at radius 1 is 1.24 bits per heavy atom. The highest BCUT2D eigenvalue weighted by molar-refractivity contribution is 5.96. The number of hydrogen-bond donors (Lipinski definition) is 2. The summed E-state index contributed by atoms with van der Waals surface area (Å²) in [6.07, 6.45) is 0. The number of rotatable bonds is 3. The van der Waals surface area contributed by atoms with E-state index < -0.39 is 5.97 Å². The molecular formula is C14H19N5O2. The Hall–Kier alpha value is -2.24. The van der Waals surface area contributed by atoms with E-state index in [0.29, 0.717) is 11.3 Å². The predicted molar refractivity (Wildman–Crippen MR) is 81.5 cm³/mol. The molecule has 21 heavy (non-hydrogen) atoms. The summed E-state index contributed by atoms with van der Waals surface area (Å²) in [5, 5.41) is 16.5. The van der Waals surface area contributed by atoms with Crippen LogP contribution in [0.5, 0.6) is 0 Å². The van der Waals surface area contributed by atoms with E-state index in [2.05, 4.69) is 20.2 Å². The molecule has 1 aliphatic rings. The number of anilines is 1. The third kappa shape index (κ3) is 2.66. The second kappa shape index (κ2) is 6.03. The Bertz CT molecular complexity index is 600. The highest BCUT2D eigenvalue weighted by Crippen LogP contribution is 2.38. The van der Waals surface area contributed by atoms with Crippen LogP contribution in [0.3, 0.4) is 0 Å². The second-order valence-electron chi connectivity index (χ2n) is 5.18. The Morgan fingerprint density at radius 2 is 1.86 bits per heavy atom. The molecule has 0 unspecified atom stereocenters. The fraction of sp³-hybridized carbons (Fsp3) is 0.500. The van der Waals surface area contributed by atoms with Crippen LogP contribution >= 0.6 is 0 Å². The molecule has 0 radical (unpaired) electrons. The highest BCUT2D eigenvalue weighted by atomic mass is 16.4. The SMILES string of the molecule is Cc1c(N=[N+]=[N-])c(C)c(N2CCNCC2)c(C)c1C(=O)O. The summed E-state index contributed by atoms with van der Waals surface area (Å²) in [5.41, 5.74) is 12.4. The molecule has 0 saturated carbocycles. The number of nitrogens with one attached hydrogen (secondary N) is 1. The topological polar surface area (TPSA) is 101 Å². The number of azide groups is 1. The summed E-state index contributed by atoms with van der Waals surface area (Å²) < 4.78 is 0. The van der Waals surface area contributed by atoms with Gasteiger partial charge in [-0.25, -0.2) is 4.79 Å². The molecule has 0 spiro atoms. The zero-order chi connectivity index (χ0) is 15.6. The van der Waals surface area contributed by atoms with E-state index in [1.807, 2.05) is 13.8 Å². The fourth-order valence-electron chi connectivity index (χ4n) is 3.07. The summed E-state index contributed by atoms with van der Waals surface area (Å²) in [6, 6.07) is 0. The van der Waals surface area contributed by atoms with Crippen LogP contribution < -0.4 is 10.2 Å². The first-order valence-corrected chi connectivity index (χ1v) is 6.86. The Kier molecular flexibility index (Phi) is 4.35. The molecule has 1 aromatic carbocycles. The Morgan fingerprint density at radius 3 is 2.38 bits per heavy atom. The van der Waals surface area contributed by atoms with Gasteiger partial charge in [0.15, 0.2) is 0 Å². The summed E-state index contributed by atoms with van der Waals surface area (Å²) >= 11 is 0. The molecule has 7 nitrogen and oxygen atoms in total. The molecule has 1 aliphatic heterocycles. The second-order valence-corrected chi connectivity index (χ2v) is 5.18. The zero-order valence-corrected chi connectivity index (χ0v) is 12.5. The molecule has 1 heterocycles. The summed E-state index contributed by atoms with van der Waals surface area (Å²) in [6.45, 7) is 8.71. The van der Waals surface area contributed by atoms with Crippen molar-refractivity contribution in [2.75, 3.05) is 31.1 Å². The standard InChI is InChI=1S/C14H19N5O2/c1-8-11(14(20)21)9(2)13(10(3)12(8)17-18-15)19-6-4-16-5-7-19/h16H,4-7H2,1-3H3,(H,20,21). The quantitative estimate of drug-likeness (QED) is 0.507. The Balaban J connectivity index is 2.73. The van der Waals surface area contributed by atoms with E-state index >= 15 is 0 Å². The lowest BCUT2D eigenvalue weighted by Gasteiger charge is -2.33. The first-order valence-electron chi connectivity index (χ1n) is 6.86. The first-order chi connectivity index (χ1) is 9.99. The summed E-state index contributed by atoms with van der Waals surface area (Å²) in [5.74, 6) is -0.990. The van der Waals surface area contributed by atoms with Crippen molar-refractivity contribution in [1.82, 2.24) is 5.32 Å². The van der Waals surface area contributed by atoms with Crippen molar-refractivity contribution in [3.05, 3.63) is 32.7 Å². The monoisotopic (exact) mass is 289 g/mol. The maximum Gasteiger partial charge on any atom is 0.336 e.